The molecule has 0 spiro atoms. The van der Waals surface area contributed by atoms with Crippen LogP contribution >= 0.6 is 0 Å². The summed E-state index contributed by atoms with van der Waals surface area (Å²) >= 11 is 0. The van der Waals surface area contributed by atoms with E-state index < -0.39 is 0 Å². The molecule has 1 amide bonds. The number of hydrogen-bond acceptors (Lipinski definition) is 3. The average Bonchev–Trinajstić information content (AvgIpc) is 2.46. The topological polar surface area (TPSA) is 55.6 Å². The largest absolute Gasteiger partial charge is 0.496 e. The lowest BCUT2D eigenvalue weighted by Gasteiger charge is -2.19. The van der Waals surface area contributed by atoms with E-state index in [4.69, 9.17) is 10.5 Å². The summed E-state index contributed by atoms with van der Waals surface area (Å²) in [6.07, 6.45) is 0. The summed E-state index contributed by atoms with van der Waals surface area (Å²) in [5, 5.41) is 0. The summed E-state index contributed by atoms with van der Waals surface area (Å²) in [5.74, 6) is 0.854. The summed E-state index contributed by atoms with van der Waals surface area (Å²) < 4.78 is 5.37. The molecule has 0 saturated carbocycles. The molecule has 0 fully saturated rings. The van der Waals surface area contributed by atoms with Gasteiger partial charge in [-0.2, -0.15) is 0 Å². The third-order valence-electron chi connectivity index (χ3n) is 3.62. The van der Waals surface area contributed by atoms with Crippen LogP contribution in [0, 0.1) is 13.8 Å². The van der Waals surface area contributed by atoms with Crippen molar-refractivity contribution in [2.45, 2.75) is 20.4 Å². The minimum absolute atomic E-state index is 0.0431. The monoisotopic (exact) mass is 298 g/mol. The van der Waals surface area contributed by atoms with Crippen molar-refractivity contribution in [1.82, 2.24) is 4.90 Å². The van der Waals surface area contributed by atoms with Gasteiger partial charge in [0.2, 0.25) is 0 Å². The van der Waals surface area contributed by atoms with Gasteiger partial charge in [-0.15, -0.1) is 0 Å². The smallest absolute Gasteiger partial charge is 0.253 e. The van der Waals surface area contributed by atoms with Crippen LogP contribution in [0.1, 0.15) is 27.0 Å². The molecule has 2 aromatic carbocycles. The lowest BCUT2D eigenvalue weighted by atomic mass is 10.0. The van der Waals surface area contributed by atoms with Gasteiger partial charge < -0.3 is 15.4 Å². The first-order chi connectivity index (χ1) is 10.4. The van der Waals surface area contributed by atoms with Crippen molar-refractivity contribution in [3.05, 3.63) is 58.7 Å². The number of carbonyl (C=O) groups is 1. The van der Waals surface area contributed by atoms with Crippen molar-refractivity contribution in [2.75, 3.05) is 19.9 Å². The van der Waals surface area contributed by atoms with Gasteiger partial charge in [0.05, 0.1) is 7.11 Å². The van der Waals surface area contributed by atoms with E-state index in [-0.39, 0.29) is 5.91 Å². The maximum absolute atomic E-state index is 12.4. The predicted octanol–water partition coefficient (Wildman–Crippen LogP) is 3.17. The second-order valence-electron chi connectivity index (χ2n) is 5.55. The van der Waals surface area contributed by atoms with Gasteiger partial charge in [-0.25, -0.2) is 0 Å². The molecular formula is C18H22N2O2. The summed E-state index contributed by atoms with van der Waals surface area (Å²) in [4.78, 5) is 14.1. The molecule has 0 aliphatic carbocycles. The first kappa shape index (κ1) is 15.9. The number of rotatable bonds is 4. The van der Waals surface area contributed by atoms with Crippen LogP contribution in [0.25, 0.3) is 0 Å². The highest BCUT2D eigenvalue weighted by molar-refractivity contribution is 5.94. The van der Waals surface area contributed by atoms with Crippen molar-refractivity contribution in [3.8, 4) is 5.75 Å². The number of ether oxygens (including phenoxy) is 1. The molecule has 0 aromatic heterocycles. The minimum atomic E-state index is -0.0431. The molecule has 0 radical (unpaired) electrons. The number of aryl methyl sites for hydroxylation is 2. The van der Waals surface area contributed by atoms with Crippen molar-refractivity contribution >= 4 is 11.6 Å². The predicted molar refractivity (Wildman–Crippen MR) is 89.1 cm³/mol. The van der Waals surface area contributed by atoms with Gasteiger partial charge in [-0.05, 0) is 48.7 Å². The number of benzene rings is 2. The van der Waals surface area contributed by atoms with Gasteiger partial charge in [0.15, 0.2) is 0 Å². The van der Waals surface area contributed by atoms with Gasteiger partial charge in [-0.1, -0.05) is 18.2 Å². The maximum Gasteiger partial charge on any atom is 0.253 e. The Morgan fingerprint density at radius 3 is 2.36 bits per heavy atom. The van der Waals surface area contributed by atoms with E-state index in [9.17, 15) is 4.79 Å². The Bertz CT molecular complexity index is 672. The molecule has 4 nitrogen and oxygen atoms in total. The zero-order valence-electron chi connectivity index (χ0n) is 13.5. The fourth-order valence-corrected chi connectivity index (χ4v) is 2.69. The molecule has 4 heteroatoms. The zero-order chi connectivity index (χ0) is 16.3. The van der Waals surface area contributed by atoms with Crippen molar-refractivity contribution < 1.29 is 9.53 Å². The Kier molecular flexibility index (Phi) is 4.71. The Labute approximate surface area is 131 Å². The number of hydrogen-bond donors (Lipinski definition) is 1. The maximum atomic E-state index is 12.4. The van der Waals surface area contributed by atoms with Crippen LogP contribution in [-0.2, 0) is 6.54 Å². The van der Waals surface area contributed by atoms with E-state index in [1.807, 2.05) is 13.8 Å². The third-order valence-corrected chi connectivity index (χ3v) is 3.62. The normalized spacial score (nSPS) is 10.4. The summed E-state index contributed by atoms with van der Waals surface area (Å²) in [6.45, 7) is 4.56. The SMILES string of the molecule is COc1c(C)cc(CN(C)C(=O)c2cccc(N)c2)cc1C. The molecule has 22 heavy (non-hydrogen) atoms. The Morgan fingerprint density at radius 2 is 1.82 bits per heavy atom. The number of carbonyl (C=O) groups excluding carboxylic acids is 1. The van der Waals surface area contributed by atoms with E-state index in [1.165, 1.54) is 0 Å². The van der Waals surface area contributed by atoms with Gasteiger partial charge in [0.25, 0.3) is 5.91 Å². The van der Waals surface area contributed by atoms with Crippen LogP contribution in [0.4, 0.5) is 5.69 Å². The molecule has 0 atom stereocenters. The quantitative estimate of drug-likeness (QED) is 0.882. The van der Waals surface area contributed by atoms with Crippen LogP contribution < -0.4 is 10.5 Å². The van der Waals surface area contributed by atoms with Gasteiger partial charge >= 0.3 is 0 Å². The molecule has 0 bridgehead atoms. The van der Waals surface area contributed by atoms with Crippen LogP contribution in [-0.4, -0.2) is 25.0 Å². The zero-order valence-corrected chi connectivity index (χ0v) is 13.5. The minimum Gasteiger partial charge on any atom is -0.496 e. The van der Waals surface area contributed by atoms with Crippen molar-refractivity contribution in [3.63, 3.8) is 0 Å². The van der Waals surface area contributed by atoms with Crippen LogP contribution in [0.2, 0.25) is 0 Å². The fraction of sp³-hybridized carbons (Fsp3) is 0.278. The summed E-state index contributed by atoms with van der Waals surface area (Å²) in [6, 6.07) is 11.1. The highest BCUT2D eigenvalue weighted by Gasteiger charge is 2.13. The number of methoxy groups -OCH3 is 1. The third kappa shape index (κ3) is 3.39. The average molecular weight is 298 g/mol. The summed E-state index contributed by atoms with van der Waals surface area (Å²) in [7, 11) is 3.46. The molecule has 0 saturated heterocycles. The Balaban J connectivity index is 2.18. The van der Waals surface area contributed by atoms with Gasteiger partial charge in [-0.3, -0.25) is 4.79 Å². The first-order valence-corrected chi connectivity index (χ1v) is 7.17. The lowest BCUT2D eigenvalue weighted by Crippen LogP contribution is -2.26. The van der Waals surface area contributed by atoms with Crippen LogP contribution in [0.5, 0.6) is 5.75 Å². The van der Waals surface area contributed by atoms with E-state index >= 15 is 0 Å². The molecule has 0 unspecified atom stereocenters. The van der Waals surface area contributed by atoms with E-state index in [0.717, 1.165) is 22.4 Å². The molecule has 2 aromatic rings. The molecule has 116 valence electrons. The first-order valence-electron chi connectivity index (χ1n) is 7.17. The molecular weight excluding hydrogens is 276 g/mol. The van der Waals surface area contributed by atoms with Crippen LogP contribution in [0.15, 0.2) is 36.4 Å². The number of nitrogens with zero attached hydrogens (tertiary/aromatic N) is 1. The molecule has 0 aliphatic heterocycles. The number of amides is 1. The molecule has 0 heterocycles. The Hall–Kier alpha value is -2.49. The fourth-order valence-electron chi connectivity index (χ4n) is 2.69. The lowest BCUT2D eigenvalue weighted by molar-refractivity contribution is 0.0785. The van der Waals surface area contributed by atoms with Crippen molar-refractivity contribution in [2.24, 2.45) is 0 Å². The number of anilines is 1. The van der Waals surface area contributed by atoms with Crippen molar-refractivity contribution in [1.29, 1.82) is 0 Å². The second-order valence-corrected chi connectivity index (χ2v) is 5.55. The van der Waals surface area contributed by atoms with E-state index in [1.54, 1.807) is 43.3 Å². The van der Waals surface area contributed by atoms with Gasteiger partial charge in [0.1, 0.15) is 5.75 Å². The highest BCUT2D eigenvalue weighted by Crippen LogP contribution is 2.25. The second kappa shape index (κ2) is 6.52. The van der Waals surface area contributed by atoms with Crippen LogP contribution in [0.3, 0.4) is 0 Å². The molecule has 0 aliphatic rings. The molecule has 2 N–H and O–H groups in total. The number of nitrogens with two attached hydrogens (primary N) is 1. The van der Waals surface area contributed by atoms with Gasteiger partial charge in [0, 0.05) is 24.8 Å². The highest BCUT2D eigenvalue weighted by atomic mass is 16.5. The molecule has 2 rings (SSSR count). The summed E-state index contributed by atoms with van der Waals surface area (Å²) in [5.41, 5.74) is 10.2. The van der Waals surface area contributed by atoms with E-state index in [0.29, 0.717) is 17.8 Å². The number of nitrogen functional groups attached to an aromatic ring is 1. The standard InChI is InChI=1S/C18H22N2O2/c1-12-8-14(9-13(2)17(12)22-4)11-20(3)18(21)15-6-5-7-16(19)10-15/h5-10H,11,19H2,1-4H3. The van der Waals surface area contributed by atoms with E-state index in [2.05, 4.69) is 12.1 Å². The Morgan fingerprint density at radius 1 is 1.18 bits per heavy atom.